The lowest BCUT2D eigenvalue weighted by molar-refractivity contribution is -0.127. The molecule has 192 valence electrons. The standard InChI is InChI=1S/C28H23N9O2/c1-2-24(38)36-11-3-4-19(16-36)25-22-8-10-33-28(31)37(22)26(35-25)18-5-6-21(20(13-18)15-30)27(39)34-23-12-17(14-29)7-9-32-23/h2,5-10,12-13,19H,1,3-4,11,16H2,(H2,31,33)(H,32,34,39). The predicted molar refractivity (Wildman–Crippen MR) is 143 cm³/mol. The van der Waals surface area contributed by atoms with E-state index in [0.29, 0.717) is 30.0 Å². The van der Waals surface area contributed by atoms with Crippen LogP contribution in [0.3, 0.4) is 0 Å². The SMILES string of the molecule is C=CC(=O)N1CCCC(c2nc(-c3ccc(C(=O)Nc4cc(C#N)ccn4)c(C#N)c3)n3c(N)nccc23)C1. The maximum absolute atomic E-state index is 13.0. The van der Waals surface area contributed by atoms with Crippen molar-refractivity contribution in [2.45, 2.75) is 18.8 Å². The molecule has 2 amide bonds. The van der Waals surface area contributed by atoms with Crippen molar-refractivity contribution in [1.82, 2.24) is 24.3 Å². The number of amides is 2. The molecule has 3 N–H and O–H groups in total. The first-order valence-electron chi connectivity index (χ1n) is 12.2. The smallest absolute Gasteiger partial charge is 0.258 e. The van der Waals surface area contributed by atoms with Crippen LogP contribution >= 0.6 is 0 Å². The molecule has 1 unspecified atom stereocenters. The topological polar surface area (TPSA) is 166 Å². The Labute approximate surface area is 223 Å². The second-order valence-electron chi connectivity index (χ2n) is 9.04. The lowest BCUT2D eigenvalue weighted by Gasteiger charge is -2.31. The van der Waals surface area contributed by atoms with E-state index >= 15 is 0 Å². The second-order valence-corrected chi connectivity index (χ2v) is 9.04. The first kappa shape index (κ1) is 25.1. The van der Waals surface area contributed by atoms with Crippen molar-refractivity contribution < 1.29 is 9.59 Å². The van der Waals surface area contributed by atoms with Crippen LogP contribution in [0.1, 0.15) is 45.9 Å². The van der Waals surface area contributed by atoms with Crippen molar-refractivity contribution in [2.24, 2.45) is 0 Å². The zero-order valence-electron chi connectivity index (χ0n) is 20.8. The van der Waals surface area contributed by atoms with Crippen LogP contribution in [0.2, 0.25) is 0 Å². The molecule has 1 atom stereocenters. The van der Waals surface area contributed by atoms with Gasteiger partial charge in [0.25, 0.3) is 5.91 Å². The summed E-state index contributed by atoms with van der Waals surface area (Å²) in [5.74, 6) is 0.220. The lowest BCUT2D eigenvalue weighted by atomic mass is 9.94. The highest BCUT2D eigenvalue weighted by Crippen LogP contribution is 2.34. The van der Waals surface area contributed by atoms with Crippen LogP contribution in [0.4, 0.5) is 11.8 Å². The highest BCUT2D eigenvalue weighted by atomic mass is 16.2. The zero-order chi connectivity index (χ0) is 27.5. The molecule has 11 heteroatoms. The summed E-state index contributed by atoms with van der Waals surface area (Å²) >= 11 is 0. The zero-order valence-corrected chi connectivity index (χ0v) is 20.8. The molecule has 0 saturated carbocycles. The molecule has 4 heterocycles. The van der Waals surface area contributed by atoms with Crippen LogP contribution in [-0.4, -0.2) is 49.2 Å². The van der Waals surface area contributed by atoms with Gasteiger partial charge in [0, 0.05) is 37.0 Å². The molecule has 1 saturated heterocycles. The number of pyridine rings is 1. The van der Waals surface area contributed by atoms with E-state index in [2.05, 4.69) is 27.9 Å². The number of likely N-dealkylation sites (tertiary alicyclic amines) is 1. The number of carbonyl (C=O) groups is 2. The van der Waals surface area contributed by atoms with Crippen LogP contribution in [0.25, 0.3) is 16.9 Å². The molecule has 1 aliphatic rings. The Morgan fingerprint density at radius 3 is 2.72 bits per heavy atom. The highest BCUT2D eigenvalue weighted by molar-refractivity contribution is 6.05. The minimum Gasteiger partial charge on any atom is -0.369 e. The first-order chi connectivity index (χ1) is 18.9. The summed E-state index contributed by atoms with van der Waals surface area (Å²) in [6, 6.07) is 13.7. The molecular weight excluding hydrogens is 494 g/mol. The maximum Gasteiger partial charge on any atom is 0.258 e. The third-order valence-electron chi connectivity index (χ3n) is 6.68. The largest absolute Gasteiger partial charge is 0.369 e. The van der Waals surface area contributed by atoms with Crippen molar-refractivity contribution in [2.75, 3.05) is 24.1 Å². The van der Waals surface area contributed by atoms with Gasteiger partial charge in [-0.25, -0.2) is 15.0 Å². The average molecular weight is 518 g/mol. The molecule has 1 fully saturated rings. The number of nitrogens with two attached hydrogens (primary N) is 1. The molecule has 39 heavy (non-hydrogen) atoms. The number of anilines is 2. The van der Waals surface area contributed by atoms with E-state index in [1.54, 1.807) is 27.6 Å². The molecule has 1 aliphatic heterocycles. The van der Waals surface area contributed by atoms with Crippen LogP contribution in [-0.2, 0) is 4.79 Å². The van der Waals surface area contributed by atoms with Crippen molar-refractivity contribution in [1.29, 1.82) is 10.5 Å². The summed E-state index contributed by atoms with van der Waals surface area (Å²) in [6.07, 6.45) is 6.02. The van der Waals surface area contributed by atoms with Crippen LogP contribution in [0.15, 0.2) is 61.4 Å². The molecular formula is C28H23N9O2. The van der Waals surface area contributed by atoms with Crippen molar-refractivity contribution in [3.05, 3.63) is 83.8 Å². The van der Waals surface area contributed by atoms with E-state index in [4.69, 9.17) is 16.0 Å². The van der Waals surface area contributed by atoms with Crippen LogP contribution in [0.5, 0.6) is 0 Å². The Morgan fingerprint density at radius 2 is 1.95 bits per heavy atom. The number of nitrogen functional groups attached to an aromatic ring is 1. The monoisotopic (exact) mass is 517 g/mol. The van der Waals surface area contributed by atoms with Crippen LogP contribution in [0, 0.1) is 22.7 Å². The van der Waals surface area contributed by atoms with Crippen molar-refractivity contribution >= 4 is 29.1 Å². The number of imidazole rings is 1. The summed E-state index contributed by atoms with van der Waals surface area (Å²) in [7, 11) is 0. The van der Waals surface area contributed by atoms with Gasteiger partial charge in [-0.2, -0.15) is 10.5 Å². The molecule has 11 nitrogen and oxygen atoms in total. The summed E-state index contributed by atoms with van der Waals surface area (Å²) in [5, 5.41) is 21.6. The molecule has 5 rings (SSSR count). The molecule has 1 aromatic carbocycles. The first-order valence-corrected chi connectivity index (χ1v) is 12.2. The van der Waals surface area contributed by atoms with Gasteiger partial charge >= 0.3 is 0 Å². The number of fused-ring (bicyclic) bond motifs is 1. The Kier molecular flexibility index (Phi) is 6.72. The van der Waals surface area contributed by atoms with E-state index in [-0.39, 0.29) is 34.7 Å². The average Bonchev–Trinajstić information content (AvgIpc) is 3.37. The van der Waals surface area contributed by atoms with Gasteiger partial charge in [-0.3, -0.25) is 14.0 Å². The molecule has 0 radical (unpaired) electrons. The number of nitrogens with zero attached hydrogens (tertiary/aromatic N) is 7. The molecule has 3 aromatic heterocycles. The van der Waals surface area contributed by atoms with Gasteiger partial charge in [-0.1, -0.05) is 12.6 Å². The number of hydrogen-bond acceptors (Lipinski definition) is 8. The molecule has 0 spiro atoms. The van der Waals surface area contributed by atoms with Crippen molar-refractivity contribution in [3.8, 4) is 23.5 Å². The number of nitrogens with one attached hydrogen (secondary N) is 1. The number of carbonyl (C=O) groups excluding carboxylic acids is 2. The molecule has 0 aliphatic carbocycles. The minimum atomic E-state index is -0.537. The van der Waals surface area contributed by atoms with Crippen LogP contribution < -0.4 is 11.1 Å². The van der Waals surface area contributed by atoms with Crippen molar-refractivity contribution in [3.63, 3.8) is 0 Å². The quantitative estimate of drug-likeness (QED) is 0.381. The number of piperidine rings is 1. The van der Waals surface area contributed by atoms with Gasteiger partial charge < -0.3 is 16.0 Å². The summed E-state index contributed by atoms with van der Waals surface area (Å²) in [6.45, 7) is 4.76. The molecule has 4 aromatic rings. The number of aromatic nitrogens is 4. The van der Waals surface area contributed by atoms with Gasteiger partial charge in [0.15, 0.2) is 0 Å². The minimum absolute atomic E-state index is 0.0228. The number of rotatable bonds is 5. The fraction of sp³-hybridized carbons (Fsp3) is 0.179. The van der Waals surface area contributed by atoms with E-state index in [1.807, 2.05) is 12.1 Å². The van der Waals surface area contributed by atoms with Gasteiger partial charge in [0.2, 0.25) is 11.9 Å². The second kappa shape index (κ2) is 10.4. The maximum atomic E-state index is 13.0. The Bertz CT molecular complexity index is 1710. The van der Waals surface area contributed by atoms with E-state index in [9.17, 15) is 14.9 Å². The number of hydrogen-bond donors (Lipinski definition) is 2. The lowest BCUT2D eigenvalue weighted by Crippen LogP contribution is -2.38. The third kappa shape index (κ3) is 4.77. The number of benzene rings is 1. The van der Waals surface area contributed by atoms with Gasteiger partial charge in [0.05, 0.1) is 40.0 Å². The fourth-order valence-electron chi connectivity index (χ4n) is 4.83. The molecule has 0 bridgehead atoms. The van der Waals surface area contributed by atoms with Gasteiger partial charge in [0.1, 0.15) is 11.6 Å². The fourth-order valence-corrected chi connectivity index (χ4v) is 4.83. The summed E-state index contributed by atoms with van der Waals surface area (Å²) in [5.41, 5.74) is 9.00. The number of nitriles is 2. The predicted octanol–water partition coefficient (Wildman–Crippen LogP) is 3.26. The Morgan fingerprint density at radius 1 is 1.13 bits per heavy atom. The Hall–Kier alpha value is -5.55. The third-order valence-corrected chi connectivity index (χ3v) is 6.68. The van der Waals surface area contributed by atoms with Gasteiger partial charge in [-0.15, -0.1) is 0 Å². The summed E-state index contributed by atoms with van der Waals surface area (Å²) in [4.78, 5) is 40.2. The normalized spacial score (nSPS) is 14.8. The Balaban J connectivity index is 1.53. The van der Waals surface area contributed by atoms with Gasteiger partial charge in [-0.05, 0) is 49.2 Å². The highest BCUT2D eigenvalue weighted by Gasteiger charge is 2.28. The van der Waals surface area contributed by atoms with E-state index in [1.165, 1.54) is 30.5 Å². The van der Waals surface area contributed by atoms with E-state index in [0.717, 1.165) is 24.1 Å². The van der Waals surface area contributed by atoms with E-state index < -0.39 is 5.91 Å². The summed E-state index contributed by atoms with van der Waals surface area (Å²) < 4.78 is 1.72.